The molecule has 0 amide bonds. The molecule has 0 unspecified atom stereocenters. The molecule has 0 fully saturated rings. The van der Waals surface area contributed by atoms with E-state index in [2.05, 4.69) is 40.5 Å². The number of anilines is 4. The number of hydrogen-bond donors (Lipinski definition) is 2. The van der Waals surface area contributed by atoms with E-state index in [1.807, 2.05) is 31.2 Å². The molecule has 0 aliphatic carbocycles. The highest BCUT2D eigenvalue weighted by molar-refractivity contribution is 6.32. The minimum absolute atomic E-state index is 0.499. The molecule has 0 radical (unpaired) electrons. The molecular formula is C20H21ClN4O. The second-order valence-corrected chi connectivity index (χ2v) is 6.47. The van der Waals surface area contributed by atoms with Crippen molar-refractivity contribution in [1.29, 1.82) is 0 Å². The lowest BCUT2D eigenvalue weighted by Crippen LogP contribution is -2.03. The summed E-state index contributed by atoms with van der Waals surface area (Å²) in [5.41, 5.74) is 5.10. The van der Waals surface area contributed by atoms with Crippen molar-refractivity contribution in [2.24, 2.45) is 0 Å². The van der Waals surface area contributed by atoms with Crippen molar-refractivity contribution in [2.75, 3.05) is 17.7 Å². The summed E-state index contributed by atoms with van der Waals surface area (Å²) in [5, 5.41) is 7.09. The smallest absolute Gasteiger partial charge is 0.229 e. The van der Waals surface area contributed by atoms with Gasteiger partial charge in [-0.1, -0.05) is 23.7 Å². The van der Waals surface area contributed by atoms with E-state index in [4.69, 9.17) is 16.3 Å². The lowest BCUT2D eigenvalue weighted by molar-refractivity contribution is 0.415. The molecule has 0 aliphatic rings. The molecule has 1 aromatic heterocycles. The van der Waals surface area contributed by atoms with Crippen molar-refractivity contribution in [3.8, 4) is 5.75 Å². The molecule has 5 nitrogen and oxygen atoms in total. The second-order valence-electron chi connectivity index (χ2n) is 6.06. The number of benzene rings is 2. The fourth-order valence-corrected chi connectivity index (χ4v) is 2.84. The average Bonchev–Trinajstić information content (AvgIpc) is 2.59. The van der Waals surface area contributed by atoms with Crippen LogP contribution in [0.3, 0.4) is 0 Å². The third-order valence-electron chi connectivity index (χ3n) is 4.13. The number of hydrogen-bond acceptors (Lipinski definition) is 5. The molecule has 134 valence electrons. The molecule has 0 spiro atoms. The number of rotatable bonds is 5. The number of nitrogens with zero attached hydrogens (tertiary/aromatic N) is 2. The third kappa shape index (κ3) is 4.06. The van der Waals surface area contributed by atoms with Crippen LogP contribution in [-0.4, -0.2) is 17.1 Å². The van der Waals surface area contributed by atoms with Crippen molar-refractivity contribution in [3.63, 3.8) is 0 Å². The van der Waals surface area contributed by atoms with Crippen molar-refractivity contribution in [2.45, 2.75) is 20.8 Å². The number of methoxy groups -OCH3 is 1. The minimum Gasteiger partial charge on any atom is -0.495 e. The minimum atomic E-state index is 0.499. The highest BCUT2D eigenvalue weighted by Gasteiger charge is 2.07. The van der Waals surface area contributed by atoms with Gasteiger partial charge in [0, 0.05) is 23.1 Å². The van der Waals surface area contributed by atoms with Gasteiger partial charge in [-0.3, -0.25) is 0 Å². The maximum absolute atomic E-state index is 6.18. The molecule has 0 bridgehead atoms. The molecule has 0 atom stereocenters. The molecule has 0 aliphatic heterocycles. The maximum Gasteiger partial charge on any atom is 0.229 e. The summed E-state index contributed by atoms with van der Waals surface area (Å²) in [6.45, 7) is 6.11. The Hall–Kier alpha value is -2.79. The summed E-state index contributed by atoms with van der Waals surface area (Å²) in [7, 11) is 1.59. The Morgan fingerprint density at radius 3 is 2.50 bits per heavy atom. The number of ether oxygens (including phenoxy) is 1. The highest BCUT2D eigenvalue weighted by atomic mass is 35.5. The van der Waals surface area contributed by atoms with Crippen LogP contribution >= 0.6 is 11.6 Å². The normalized spacial score (nSPS) is 10.5. The van der Waals surface area contributed by atoms with Gasteiger partial charge in [0.1, 0.15) is 11.6 Å². The molecule has 1 heterocycles. The van der Waals surface area contributed by atoms with Crippen LogP contribution in [0.5, 0.6) is 5.75 Å². The Balaban J connectivity index is 1.86. The van der Waals surface area contributed by atoms with Gasteiger partial charge in [0.15, 0.2) is 0 Å². The van der Waals surface area contributed by atoms with Gasteiger partial charge in [0.05, 0.1) is 12.1 Å². The number of nitrogens with one attached hydrogen (secondary N) is 2. The first-order valence-electron chi connectivity index (χ1n) is 8.26. The quantitative estimate of drug-likeness (QED) is 0.618. The molecule has 6 heteroatoms. The van der Waals surface area contributed by atoms with Gasteiger partial charge < -0.3 is 15.4 Å². The monoisotopic (exact) mass is 368 g/mol. The summed E-state index contributed by atoms with van der Waals surface area (Å²) < 4.78 is 5.17. The van der Waals surface area contributed by atoms with E-state index in [1.165, 1.54) is 11.1 Å². The van der Waals surface area contributed by atoms with Crippen LogP contribution in [0.2, 0.25) is 5.02 Å². The van der Waals surface area contributed by atoms with Crippen LogP contribution in [0.4, 0.5) is 23.1 Å². The fraction of sp³-hybridized carbons (Fsp3) is 0.200. The lowest BCUT2D eigenvalue weighted by atomic mass is 10.1. The van der Waals surface area contributed by atoms with Gasteiger partial charge in [0.2, 0.25) is 5.95 Å². The predicted octanol–water partition coefficient (Wildman–Crippen LogP) is 5.55. The molecule has 2 aromatic carbocycles. The second kappa shape index (κ2) is 7.62. The zero-order chi connectivity index (χ0) is 18.7. The summed E-state index contributed by atoms with van der Waals surface area (Å²) >= 11 is 6.18. The van der Waals surface area contributed by atoms with E-state index in [0.717, 1.165) is 22.9 Å². The number of halogens is 1. The van der Waals surface area contributed by atoms with Crippen LogP contribution in [0.15, 0.2) is 42.5 Å². The molecule has 2 N–H and O–H groups in total. The predicted molar refractivity (Wildman–Crippen MR) is 107 cm³/mol. The highest BCUT2D eigenvalue weighted by Crippen LogP contribution is 2.29. The first kappa shape index (κ1) is 18.0. The maximum atomic E-state index is 6.18. The molecule has 0 saturated carbocycles. The number of aromatic nitrogens is 2. The number of aryl methyl sites for hydroxylation is 2. The van der Waals surface area contributed by atoms with E-state index in [-0.39, 0.29) is 0 Å². The van der Waals surface area contributed by atoms with Crippen molar-refractivity contribution in [3.05, 3.63) is 64.3 Å². The Bertz CT molecular complexity index is 943. The average molecular weight is 369 g/mol. The SMILES string of the molecule is COc1ccc(Nc2nc(C)cc(Nc3cccc(C)c3C)n2)cc1Cl. The summed E-state index contributed by atoms with van der Waals surface area (Å²) in [6.07, 6.45) is 0. The van der Waals surface area contributed by atoms with Crippen LogP contribution in [0, 0.1) is 20.8 Å². The standard InChI is InChI=1S/C20H21ClN4O/c1-12-6-5-7-17(14(12)3)24-19-10-13(2)22-20(25-19)23-15-8-9-18(26-4)16(21)11-15/h5-11H,1-4H3,(H2,22,23,24,25). The van der Waals surface area contributed by atoms with Crippen molar-refractivity contribution in [1.82, 2.24) is 9.97 Å². The Morgan fingerprint density at radius 1 is 0.962 bits per heavy atom. The first-order chi connectivity index (χ1) is 12.5. The van der Waals surface area contributed by atoms with Gasteiger partial charge >= 0.3 is 0 Å². The lowest BCUT2D eigenvalue weighted by Gasteiger charge is -2.13. The van der Waals surface area contributed by atoms with Gasteiger partial charge in [-0.25, -0.2) is 4.98 Å². The zero-order valence-corrected chi connectivity index (χ0v) is 16.0. The Morgan fingerprint density at radius 2 is 1.77 bits per heavy atom. The van der Waals surface area contributed by atoms with E-state index in [9.17, 15) is 0 Å². The van der Waals surface area contributed by atoms with Crippen LogP contribution < -0.4 is 15.4 Å². The van der Waals surface area contributed by atoms with E-state index < -0.39 is 0 Å². The summed E-state index contributed by atoms with van der Waals surface area (Å²) in [5.74, 6) is 1.85. The van der Waals surface area contributed by atoms with Gasteiger partial charge in [-0.05, 0) is 56.2 Å². The summed E-state index contributed by atoms with van der Waals surface area (Å²) in [4.78, 5) is 9.01. The fourth-order valence-electron chi connectivity index (χ4n) is 2.59. The van der Waals surface area contributed by atoms with Gasteiger partial charge in [-0.2, -0.15) is 4.98 Å². The van der Waals surface area contributed by atoms with Crippen LogP contribution in [0.25, 0.3) is 0 Å². The molecule has 3 aromatic rings. The zero-order valence-electron chi connectivity index (χ0n) is 15.2. The molecule has 3 rings (SSSR count). The van der Waals surface area contributed by atoms with E-state index in [1.54, 1.807) is 19.2 Å². The van der Waals surface area contributed by atoms with Crippen molar-refractivity contribution >= 4 is 34.7 Å². The third-order valence-corrected chi connectivity index (χ3v) is 4.42. The Labute approximate surface area is 158 Å². The van der Waals surface area contributed by atoms with E-state index >= 15 is 0 Å². The largest absolute Gasteiger partial charge is 0.495 e. The Kier molecular flexibility index (Phi) is 5.28. The summed E-state index contributed by atoms with van der Waals surface area (Å²) in [6, 6.07) is 13.5. The van der Waals surface area contributed by atoms with E-state index in [0.29, 0.717) is 16.7 Å². The van der Waals surface area contributed by atoms with Gasteiger partial charge in [0.25, 0.3) is 0 Å². The van der Waals surface area contributed by atoms with Crippen molar-refractivity contribution < 1.29 is 4.74 Å². The van der Waals surface area contributed by atoms with Crippen LogP contribution in [0.1, 0.15) is 16.8 Å². The molecule has 26 heavy (non-hydrogen) atoms. The topological polar surface area (TPSA) is 59.1 Å². The molecule has 0 saturated heterocycles. The van der Waals surface area contributed by atoms with Gasteiger partial charge in [-0.15, -0.1) is 0 Å². The first-order valence-corrected chi connectivity index (χ1v) is 8.63. The molecular weight excluding hydrogens is 348 g/mol. The van der Waals surface area contributed by atoms with Crippen LogP contribution in [-0.2, 0) is 0 Å².